The van der Waals surface area contributed by atoms with Crippen LogP contribution in [0.5, 0.6) is 0 Å². The third-order valence-electron chi connectivity index (χ3n) is 6.72. The maximum Gasteiger partial charge on any atom is 0.508 e. The Morgan fingerprint density at radius 2 is 1.35 bits per heavy atom. The van der Waals surface area contributed by atoms with Crippen LogP contribution in [-0.4, -0.2) is 18.9 Å². The first-order valence-corrected chi connectivity index (χ1v) is 11.6. The van der Waals surface area contributed by atoms with Gasteiger partial charge in [0.1, 0.15) is 6.10 Å². The van der Waals surface area contributed by atoms with Crippen LogP contribution in [0.1, 0.15) is 110 Å². The molecule has 0 amide bonds. The molecule has 0 unspecified atom stereocenters. The van der Waals surface area contributed by atoms with Gasteiger partial charge in [0, 0.05) is 0 Å². The van der Waals surface area contributed by atoms with E-state index in [0.717, 1.165) is 49.9 Å². The fourth-order valence-electron chi connectivity index (χ4n) is 4.99. The standard InChI is InChI=1S/C23H42O3/c1-3-5-7-9-19-10-12-20(13-11-19)21-14-16-22(17-15-21)26-23(24)25-18-8-6-4-2/h19-22H,3-18H2,1-2H3. The van der Waals surface area contributed by atoms with Crippen LogP contribution in [0.3, 0.4) is 0 Å². The number of carbonyl (C=O) groups excluding carboxylic acids is 1. The van der Waals surface area contributed by atoms with E-state index in [1.807, 2.05) is 0 Å². The van der Waals surface area contributed by atoms with E-state index in [9.17, 15) is 4.79 Å². The van der Waals surface area contributed by atoms with Gasteiger partial charge in [-0.2, -0.15) is 0 Å². The van der Waals surface area contributed by atoms with E-state index >= 15 is 0 Å². The Bertz CT molecular complexity index is 366. The number of rotatable bonds is 10. The minimum atomic E-state index is -0.447. The van der Waals surface area contributed by atoms with E-state index in [-0.39, 0.29) is 6.10 Å². The van der Waals surface area contributed by atoms with Gasteiger partial charge >= 0.3 is 6.16 Å². The largest absolute Gasteiger partial charge is 0.508 e. The third kappa shape index (κ3) is 7.88. The fourth-order valence-corrected chi connectivity index (χ4v) is 4.99. The Kier molecular flexibility index (Phi) is 10.5. The maximum absolute atomic E-state index is 11.8. The Morgan fingerprint density at radius 1 is 0.769 bits per heavy atom. The summed E-state index contributed by atoms with van der Waals surface area (Å²) in [5.41, 5.74) is 0. The summed E-state index contributed by atoms with van der Waals surface area (Å²) in [5, 5.41) is 0. The zero-order valence-corrected chi connectivity index (χ0v) is 17.3. The van der Waals surface area contributed by atoms with Gasteiger partial charge in [0.15, 0.2) is 0 Å². The highest BCUT2D eigenvalue weighted by atomic mass is 16.7. The van der Waals surface area contributed by atoms with Gasteiger partial charge in [-0.1, -0.05) is 65.2 Å². The van der Waals surface area contributed by atoms with Crippen molar-refractivity contribution in [3.63, 3.8) is 0 Å². The predicted molar refractivity (Wildman–Crippen MR) is 107 cm³/mol. The highest BCUT2D eigenvalue weighted by Gasteiger charge is 2.32. The molecule has 2 rings (SSSR count). The van der Waals surface area contributed by atoms with E-state index in [0.29, 0.717) is 6.61 Å². The van der Waals surface area contributed by atoms with E-state index < -0.39 is 6.16 Å². The SMILES string of the molecule is CCCCCOC(=O)OC1CCC(C2CCC(CCCCC)CC2)CC1. The molecular formula is C23H42O3. The molecule has 2 aliphatic rings. The number of ether oxygens (including phenoxy) is 2. The van der Waals surface area contributed by atoms with Crippen molar-refractivity contribution in [1.29, 1.82) is 0 Å². The quantitative estimate of drug-likeness (QED) is 0.301. The molecule has 2 saturated carbocycles. The van der Waals surface area contributed by atoms with Crippen molar-refractivity contribution in [3.8, 4) is 0 Å². The molecule has 152 valence electrons. The Balaban J connectivity index is 1.56. The second-order valence-electron chi connectivity index (χ2n) is 8.74. The first-order valence-electron chi connectivity index (χ1n) is 11.6. The molecule has 0 spiro atoms. The molecule has 0 aromatic carbocycles. The van der Waals surface area contributed by atoms with Crippen molar-refractivity contribution in [2.75, 3.05) is 6.61 Å². The monoisotopic (exact) mass is 366 g/mol. The Morgan fingerprint density at radius 3 is 1.96 bits per heavy atom. The van der Waals surface area contributed by atoms with Gasteiger partial charge in [-0.25, -0.2) is 4.79 Å². The zero-order chi connectivity index (χ0) is 18.6. The number of carbonyl (C=O) groups is 1. The van der Waals surface area contributed by atoms with Crippen LogP contribution in [0.2, 0.25) is 0 Å². The lowest BCUT2D eigenvalue weighted by Gasteiger charge is -2.37. The Labute approximate surface area is 161 Å². The average Bonchev–Trinajstić information content (AvgIpc) is 2.67. The molecule has 0 aromatic heterocycles. The van der Waals surface area contributed by atoms with Gasteiger partial charge in [-0.05, 0) is 62.7 Å². The summed E-state index contributed by atoms with van der Waals surface area (Å²) in [4.78, 5) is 11.8. The fraction of sp³-hybridized carbons (Fsp3) is 0.957. The van der Waals surface area contributed by atoms with Crippen LogP contribution in [-0.2, 0) is 9.47 Å². The van der Waals surface area contributed by atoms with Gasteiger partial charge in [0.25, 0.3) is 0 Å². The highest BCUT2D eigenvalue weighted by Crippen LogP contribution is 2.41. The molecule has 26 heavy (non-hydrogen) atoms. The molecule has 3 nitrogen and oxygen atoms in total. The summed E-state index contributed by atoms with van der Waals surface area (Å²) in [6.07, 6.45) is 18.8. The average molecular weight is 367 g/mol. The van der Waals surface area contributed by atoms with E-state index in [1.165, 1.54) is 64.2 Å². The van der Waals surface area contributed by atoms with Crippen molar-refractivity contribution in [1.82, 2.24) is 0 Å². The molecule has 3 heteroatoms. The number of unbranched alkanes of at least 4 members (excludes halogenated alkanes) is 4. The zero-order valence-electron chi connectivity index (χ0n) is 17.3. The normalized spacial score (nSPS) is 29.3. The molecule has 0 N–H and O–H groups in total. The van der Waals surface area contributed by atoms with Crippen molar-refractivity contribution in [2.45, 2.75) is 116 Å². The minimum Gasteiger partial charge on any atom is -0.434 e. The summed E-state index contributed by atoms with van der Waals surface area (Å²) in [5.74, 6) is 2.80. The molecule has 0 aromatic rings. The Hall–Kier alpha value is -0.730. The summed E-state index contributed by atoms with van der Waals surface area (Å²) >= 11 is 0. The minimum absolute atomic E-state index is 0.0929. The number of hydrogen-bond acceptors (Lipinski definition) is 3. The van der Waals surface area contributed by atoms with Gasteiger partial charge in [0.2, 0.25) is 0 Å². The molecule has 0 bridgehead atoms. The molecule has 0 heterocycles. The summed E-state index contributed by atoms with van der Waals surface area (Å²) < 4.78 is 10.7. The summed E-state index contributed by atoms with van der Waals surface area (Å²) in [6, 6.07) is 0. The van der Waals surface area contributed by atoms with Gasteiger partial charge in [-0.3, -0.25) is 0 Å². The number of hydrogen-bond donors (Lipinski definition) is 0. The lowest BCUT2D eigenvalue weighted by Crippen LogP contribution is -2.30. The van der Waals surface area contributed by atoms with E-state index in [1.54, 1.807) is 0 Å². The van der Waals surface area contributed by atoms with Crippen LogP contribution in [0.15, 0.2) is 0 Å². The van der Waals surface area contributed by atoms with Crippen molar-refractivity contribution in [3.05, 3.63) is 0 Å². The highest BCUT2D eigenvalue weighted by molar-refractivity contribution is 5.60. The maximum atomic E-state index is 11.8. The predicted octanol–water partition coefficient (Wildman–Crippen LogP) is 7.28. The summed E-state index contributed by atoms with van der Waals surface area (Å²) in [7, 11) is 0. The van der Waals surface area contributed by atoms with Gasteiger partial charge in [0.05, 0.1) is 6.61 Å². The van der Waals surface area contributed by atoms with Crippen molar-refractivity contribution >= 4 is 6.16 Å². The topological polar surface area (TPSA) is 35.5 Å². The molecular weight excluding hydrogens is 324 g/mol. The molecule has 2 fully saturated rings. The summed E-state index contributed by atoms with van der Waals surface area (Å²) in [6.45, 7) is 4.95. The smallest absolute Gasteiger partial charge is 0.434 e. The molecule has 0 radical (unpaired) electrons. The van der Waals surface area contributed by atoms with E-state index in [2.05, 4.69) is 13.8 Å². The molecule has 0 saturated heterocycles. The molecule has 2 aliphatic carbocycles. The first kappa shape index (κ1) is 21.6. The molecule has 0 aliphatic heterocycles. The van der Waals surface area contributed by atoms with Gasteiger partial charge in [-0.15, -0.1) is 0 Å². The van der Waals surface area contributed by atoms with Crippen LogP contribution in [0.25, 0.3) is 0 Å². The second-order valence-corrected chi connectivity index (χ2v) is 8.74. The second kappa shape index (κ2) is 12.6. The van der Waals surface area contributed by atoms with Crippen LogP contribution < -0.4 is 0 Å². The van der Waals surface area contributed by atoms with Crippen LogP contribution >= 0.6 is 0 Å². The van der Waals surface area contributed by atoms with Crippen LogP contribution in [0.4, 0.5) is 4.79 Å². The van der Waals surface area contributed by atoms with E-state index in [4.69, 9.17) is 9.47 Å². The first-order chi connectivity index (χ1) is 12.7. The molecule has 0 atom stereocenters. The third-order valence-corrected chi connectivity index (χ3v) is 6.72. The lowest BCUT2D eigenvalue weighted by molar-refractivity contribution is -0.000971. The van der Waals surface area contributed by atoms with Crippen molar-refractivity contribution < 1.29 is 14.3 Å². The van der Waals surface area contributed by atoms with Crippen molar-refractivity contribution in [2.24, 2.45) is 17.8 Å². The van der Waals surface area contributed by atoms with Gasteiger partial charge < -0.3 is 9.47 Å². The lowest BCUT2D eigenvalue weighted by atomic mass is 9.70. The van der Waals surface area contributed by atoms with Crippen LogP contribution in [0, 0.1) is 17.8 Å².